The van der Waals surface area contributed by atoms with Crippen molar-refractivity contribution in [2.75, 3.05) is 6.61 Å². The molecule has 3 heteroatoms. The molecule has 0 spiro atoms. The molecule has 3 nitrogen and oxygen atoms in total. The Morgan fingerprint density at radius 1 is 1.25 bits per heavy atom. The number of rotatable bonds is 8. The standard InChI is InChI=1S/C13H27NO2/c1-5-7-12(10(3)4)13(16)14-11(6-2)8-9-15/h10-12,15H,5-9H2,1-4H3,(H,14,16). The van der Waals surface area contributed by atoms with E-state index in [2.05, 4.69) is 26.1 Å². The molecule has 0 aromatic carbocycles. The Bertz CT molecular complexity index is 192. The van der Waals surface area contributed by atoms with Crippen LogP contribution in [0, 0.1) is 11.8 Å². The molecule has 0 aliphatic heterocycles. The molecule has 0 heterocycles. The summed E-state index contributed by atoms with van der Waals surface area (Å²) in [5.41, 5.74) is 0. The molecule has 2 unspecified atom stereocenters. The molecular formula is C13H27NO2. The summed E-state index contributed by atoms with van der Waals surface area (Å²) in [5, 5.41) is 11.9. The fourth-order valence-corrected chi connectivity index (χ4v) is 1.92. The Morgan fingerprint density at radius 2 is 1.88 bits per heavy atom. The topological polar surface area (TPSA) is 49.3 Å². The number of carbonyl (C=O) groups excluding carboxylic acids is 1. The number of nitrogens with one attached hydrogen (secondary N) is 1. The number of hydrogen-bond donors (Lipinski definition) is 2. The first-order valence-corrected chi connectivity index (χ1v) is 6.47. The van der Waals surface area contributed by atoms with Crippen LogP contribution in [0.1, 0.15) is 53.4 Å². The van der Waals surface area contributed by atoms with Gasteiger partial charge in [-0.25, -0.2) is 0 Å². The van der Waals surface area contributed by atoms with E-state index >= 15 is 0 Å². The number of aliphatic hydroxyl groups is 1. The Labute approximate surface area is 99.6 Å². The van der Waals surface area contributed by atoms with Gasteiger partial charge in [-0.1, -0.05) is 34.1 Å². The zero-order valence-corrected chi connectivity index (χ0v) is 11.1. The molecule has 0 aliphatic carbocycles. The molecule has 0 radical (unpaired) electrons. The van der Waals surface area contributed by atoms with Crippen LogP contribution >= 0.6 is 0 Å². The van der Waals surface area contributed by atoms with E-state index < -0.39 is 0 Å². The highest BCUT2D eigenvalue weighted by atomic mass is 16.3. The van der Waals surface area contributed by atoms with Crippen molar-refractivity contribution in [3.05, 3.63) is 0 Å². The van der Waals surface area contributed by atoms with Crippen LogP contribution in [0.25, 0.3) is 0 Å². The number of aliphatic hydroxyl groups excluding tert-OH is 1. The van der Waals surface area contributed by atoms with Crippen LogP contribution in [-0.4, -0.2) is 23.7 Å². The van der Waals surface area contributed by atoms with Crippen LogP contribution < -0.4 is 5.32 Å². The van der Waals surface area contributed by atoms with Gasteiger partial charge in [0.25, 0.3) is 0 Å². The van der Waals surface area contributed by atoms with E-state index in [4.69, 9.17) is 5.11 Å². The summed E-state index contributed by atoms with van der Waals surface area (Å²) in [6.45, 7) is 8.46. The zero-order chi connectivity index (χ0) is 12.6. The average Bonchev–Trinajstić information content (AvgIpc) is 2.24. The molecule has 0 saturated carbocycles. The molecule has 2 atom stereocenters. The minimum Gasteiger partial charge on any atom is -0.396 e. The Kier molecular flexibility index (Phi) is 8.26. The first-order chi connectivity index (χ1) is 7.56. The fourth-order valence-electron chi connectivity index (χ4n) is 1.92. The maximum absolute atomic E-state index is 12.0. The molecule has 0 aromatic rings. The van der Waals surface area contributed by atoms with Crippen molar-refractivity contribution in [2.45, 2.75) is 59.4 Å². The first kappa shape index (κ1) is 15.4. The van der Waals surface area contributed by atoms with Gasteiger partial charge in [-0.05, 0) is 25.2 Å². The van der Waals surface area contributed by atoms with Crippen molar-refractivity contribution in [1.29, 1.82) is 0 Å². The molecule has 2 N–H and O–H groups in total. The molecule has 0 aromatic heterocycles. The molecule has 96 valence electrons. The lowest BCUT2D eigenvalue weighted by Gasteiger charge is -2.23. The van der Waals surface area contributed by atoms with Crippen LogP contribution in [0.3, 0.4) is 0 Å². The lowest BCUT2D eigenvalue weighted by molar-refractivity contribution is -0.127. The quantitative estimate of drug-likeness (QED) is 0.671. The summed E-state index contributed by atoms with van der Waals surface area (Å²) in [6, 6.07) is 0.121. The molecule has 0 aliphatic rings. The fraction of sp³-hybridized carbons (Fsp3) is 0.923. The molecule has 16 heavy (non-hydrogen) atoms. The van der Waals surface area contributed by atoms with Crippen molar-refractivity contribution in [3.8, 4) is 0 Å². The average molecular weight is 229 g/mol. The summed E-state index contributed by atoms with van der Waals surface area (Å²) in [4.78, 5) is 12.0. The minimum absolute atomic E-state index is 0.109. The molecule has 0 saturated heterocycles. The van der Waals surface area contributed by atoms with Gasteiger partial charge in [0.15, 0.2) is 0 Å². The Morgan fingerprint density at radius 3 is 2.25 bits per heavy atom. The number of hydrogen-bond acceptors (Lipinski definition) is 2. The van der Waals surface area contributed by atoms with Crippen LogP contribution in [0.5, 0.6) is 0 Å². The van der Waals surface area contributed by atoms with Crippen molar-refractivity contribution < 1.29 is 9.90 Å². The predicted octanol–water partition coefficient (Wildman–Crippen LogP) is 2.34. The first-order valence-electron chi connectivity index (χ1n) is 6.47. The summed E-state index contributed by atoms with van der Waals surface area (Å²) >= 11 is 0. The van der Waals surface area contributed by atoms with E-state index in [0.29, 0.717) is 12.3 Å². The predicted molar refractivity (Wildman–Crippen MR) is 67.2 cm³/mol. The second kappa shape index (κ2) is 8.57. The summed E-state index contributed by atoms with van der Waals surface area (Å²) in [6.07, 6.45) is 3.51. The van der Waals surface area contributed by atoms with Crippen molar-refractivity contribution in [2.24, 2.45) is 11.8 Å². The number of carbonyl (C=O) groups is 1. The molecular weight excluding hydrogens is 202 g/mol. The van der Waals surface area contributed by atoms with E-state index in [-0.39, 0.29) is 24.5 Å². The van der Waals surface area contributed by atoms with Crippen LogP contribution in [-0.2, 0) is 4.79 Å². The number of amides is 1. The van der Waals surface area contributed by atoms with E-state index in [1.54, 1.807) is 0 Å². The van der Waals surface area contributed by atoms with Crippen molar-refractivity contribution >= 4 is 5.91 Å². The van der Waals surface area contributed by atoms with Gasteiger partial charge < -0.3 is 10.4 Å². The van der Waals surface area contributed by atoms with E-state index in [1.165, 1.54) is 0 Å². The molecule has 1 amide bonds. The second-order valence-corrected chi connectivity index (χ2v) is 4.77. The monoisotopic (exact) mass is 229 g/mol. The van der Waals surface area contributed by atoms with Crippen molar-refractivity contribution in [1.82, 2.24) is 5.32 Å². The van der Waals surface area contributed by atoms with E-state index in [1.807, 2.05) is 6.92 Å². The molecule has 0 fully saturated rings. The summed E-state index contributed by atoms with van der Waals surface area (Å²) in [5.74, 6) is 0.640. The maximum atomic E-state index is 12.0. The van der Waals surface area contributed by atoms with Gasteiger partial charge >= 0.3 is 0 Å². The SMILES string of the molecule is CCCC(C(=O)NC(CC)CCO)C(C)C. The lowest BCUT2D eigenvalue weighted by atomic mass is 9.90. The Balaban J connectivity index is 4.27. The normalized spacial score (nSPS) is 14.9. The second-order valence-electron chi connectivity index (χ2n) is 4.77. The van der Waals surface area contributed by atoms with Crippen LogP contribution in [0.2, 0.25) is 0 Å². The van der Waals surface area contributed by atoms with Crippen LogP contribution in [0.15, 0.2) is 0 Å². The lowest BCUT2D eigenvalue weighted by Crippen LogP contribution is -2.40. The maximum Gasteiger partial charge on any atom is 0.223 e. The van der Waals surface area contributed by atoms with E-state index in [0.717, 1.165) is 19.3 Å². The van der Waals surface area contributed by atoms with Gasteiger partial charge in [0, 0.05) is 18.6 Å². The third kappa shape index (κ3) is 5.50. The Hall–Kier alpha value is -0.570. The van der Waals surface area contributed by atoms with Gasteiger partial charge in [0.05, 0.1) is 0 Å². The molecule has 0 rings (SSSR count). The highest BCUT2D eigenvalue weighted by molar-refractivity contribution is 5.79. The van der Waals surface area contributed by atoms with Crippen molar-refractivity contribution in [3.63, 3.8) is 0 Å². The largest absolute Gasteiger partial charge is 0.396 e. The summed E-state index contributed by atoms with van der Waals surface area (Å²) in [7, 11) is 0. The highest BCUT2D eigenvalue weighted by Crippen LogP contribution is 2.17. The van der Waals surface area contributed by atoms with Crippen LogP contribution in [0.4, 0.5) is 0 Å². The van der Waals surface area contributed by atoms with Gasteiger partial charge in [-0.2, -0.15) is 0 Å². The van der Waals surface area contributed by atoms with Gasteiger partial charge in [0.1, 0.15) is 0 Å². The van der Waals surface area contributed by atoms with Gasteiger partial charge in [-0.3, -0.25) is 4.79 Å². The smallest absolute Gasteiger partial charge is 0.223 e. The third-order valence-corrected chi connectivity index (χ3v) is 3.06. The highest BCUT2D eigenvalue weighted by Gasteiger charge is 2.22. The summed E-state index contributed by atoms with van der Waals surface area (Å²) < 4.78 is 0. The third-order valence-electron chi connectivity index (χ3n) is 3.06. The minimum atomic E-state index is 0.109. The zero-order valence-electron chi connectivity index (χ0n) is 11.1. The van der Waals surface area contributed by atoms with Gasteiger partial charge in [0.2, 0.25) is 5.91 Å². The van der Waals surface area contributed by atoms with Gasteiger partial charge in [-0.15, -0.1) is 0 Å². The molecule has 0 bridgehead atoms. The van der Waals surface area contributed by atoms with E-state index in [9.17, 15) is 4.79 Å².